The van der Waals surface area contributed by atoms with E-state index in [9.17, 15) is 0 Å². The third kappa shape index (κ3) is 6.71. The number of hydrogen-bond donors (Lipinski definition) is 2. The molecule has 0 radical (unpaired) electrons. The topological polar surface area (TPSA) is 52.0 Å². The summed E-state index contributed by atoms with van der Waals surface area (Å²) in [6.07, 6.45) is 3.56. The van der Waals surface area contributed by atoms with Crippen molar-refractivity contribution < 1.29 is 0 Å². The van der Waals surface area contributed by atoms with Crippen molar-refractivity contribution in [1.29, 1.82) is 0 Å². The normalized spacial score (nSPS) is 9.71. The summed E-state index contributed by atoms with van der Waals surface area (Å²) in [5.41, 5.74) is 12.8. The average molecular weight is 254 g/mol. The first kappa shape index (κ1) is 16.5. The van der Waals surface area contributed by atoms with Crippen LogP contribution in [-0.4, -0.2) is 19.3 Å². The van der Waals surface area contributed by atoms with E-state index in [1.807, 2.05) is 11.8 Å². The number of nitrogens with two attached hydrogens (primary N) is 2. The van der Waals surface area contributed by atoms with Crippen LogP contribution < -0.4 is 11.5 Å². The molecular weight excluding hydrogens is 228 g/mol. The fraction of sp³-hybridized carbons (Fsp3) is 0.571. The van der Waals surface area contributed by atoms with Crippen molar-refractivity contribution in [3.8, 4) is 0 Å². The first-order valence-electron chi connectivity index (χ1n) is 6.28. The fourth-order valence-corrected chi connectivity index (χ4v) is 2.63. The summed E-state index contributed by atoms with van der Waals surface area (Å²) in [6, 6.07) is 6.70. The third-order valence-corrected chi connectivity index (χ3v) is 3.69. The quantitative estimate of drug-likeness (QED) is 0.606. The Balaban J connectivity index is 0.00000121. The van der Waals surface area contributed by atoms with E-state index in [2.05, 4.69) is 37.8 Å². The van der Waals surface area contributed by atoms with Gasteiger partial charge in [0.15, 0.2) is 0 Å². The smallest absolute Gasteiger partial charge is 0.0101 e. The summed E-state index contributed by atoms with van der Waals surface area (Å²) < 4.78 is 0. The van der Waals surface area contributed by atoms with E-state index in [0.29, 0.717) is 0 Å². The number of hydrogen-bond acceptors (Lipinski definition) is 3. The van der Waals surface area contributed by atoms with Gasteiger partial charge in [-0.3, -0.25) is 0 Å². The minimum Gasteiger partial charge on any atom is -0.333 e. The number of unbranched alkanes of at least 4 members (excludes halogenated alkanes) is 1. The molecule has 0 unspecified atom stereocenters. The van der Waals surface area contributed by atoms with E-state index < -0.39 is 0 Å². The molecule has 0 atom stereocenters. The van der Waals surface area contributed by atoms with Crippen LogP contribution in [0.25, 0.3) is 0 Å². The molecule has 17 heavy (non-hydrogen) atoms. The first-order chi connectivity index (χ1) is 8.27. The van der Waals surface area contributed by atoms with E-state index >= 15 is 0 Å². The first-order valence-corrected chi connectivity index (χ1v) is 7.26. The van der Waals surface area contributed by atoms with Gasteiger partial charge >= 0.3 is 0 Å². The van der Waals surface area contributed by atoms with Gasteiger partial charge in [-0.25, -0.2) is 0 Å². The Morgan fingerprint density at radius 3 is 2.47 bits per heavy atom. The van der Waals surface area contributed by atoms with E-state index in [1.54, 1.807) is 0 Å². The molecule has 1 rings (SSSR count). The van der Waals surface area contributed by atoms with Gasteiger partial charge in [0, 0.05) is 4.90 Å². The zero-order valence-corrected chi connectivity index (χ0v) is 12.1. The van der Waals surface area contributed by atoms with Gasteiger partial charge in [0.2, 0.25) is 0 Å². The molecule has 0 fully saturated rings. The molecular formula is C14H26N2S. The number of thioether (sulfide) groups is 1. The predicted molar refractivity (Wildman–Crippen MR) is 79.7 cm³/mol. The van der Waals surface area contributed by atoms with Crippen LogP contribution in [0.15, 0.2) is 23.1 Å². The van der Waals surface area contributed by atoms with Gasteiger partial charge in [-0.1, -0.05) is 25.5 Å². The average Bonchev–Trinajstić information content (AvgIpc) is 2.35. The summed E-state index contributed by atoms with van der Waals surface area (Å²) in [6.45, 7) is 5.16. The maximum atomic E-state index is 5.54. The largest absolute Gasteiger partial charge is 0.333 e. The minimum atomic E-state index is 0.738. The summed E-state index contributed by atoms with van der Waals surface area (Å²) in [5, 5.41) is 0. The molecule has 0 spiro atoms. The summed E-state index contributed by atoms with van der Waals surface area (Å²) in [7, 11) is 1.50. The van der Waals surface area contributed by atoms with Gasteiger partial charge in [-0.15, -0.1) is 11.8 Å². The van der Waals surface area contributed by atoms with Crippen LogP contribution in [-0.2, 0) is 6.42 Å². The lowest BCUT2D eigenvalue weighted by Gasteiger charge is -2.07. The maximum absolute atomic E-state index is 5.54. The highest BCUT2D eigenvalue weighted by Crippen LogP contribution is 2.24. The van der Waals surface area contributed by atoms with E-state index in [0.717, 1.165) is 13.0 Å². The van der Waals surface area contributed by atoms with Crippen LogP contribution in [0.4, 0.5) is 0 Å². The fourth-order valence-electron chi connectivity index (χ4n) is 1.52. The second kappa shape index (κ2) is 10.6. The van der Waals surface area contributed by atoms with Crippen molar-refractivity contribution in [2.75, 3.05) is 19.3 Å². The Kier molecular flexibility index (Phi) is 10.3. The number of benzene rings is 1. The molecule has 0 aliphatic carbocycles. The highest BCUT2D eigenvalue weighted by molar-refractivity contribution is 7.99. The lowest BCUT2D eigenvalue weighted by molar-refractivity contribution is 0.895. The van der Waals surface area contributed by atoms with Crippen LogP contribution in [0, 0.1) is 6.92 Å². The van der Waals surface area contributed by atoms with Crippen molar-refractivity contribution in [2.45, 2.75) is 38.0 Å². The second-order valence-corrected chi connectivity index (χ2v) is 4.98. The Morgan fingerprint density at radius 2 is 1.94 bits per heavy atom. The van der Waals surface area contributed by atoms with Crippen LogP contribution in [0.1, 0.15) is 30.9 Å². The van der Waals surface area contributed by atoms with E-state index in [4.69, 9.17) is 5.73 Å². The van der Waals surface area contributed by atoms with Crippen LogP contribution in [0.3, 0.4) is 0 Å². The SMILES string of the molecule is CCCCSc1ccc(CCN)cc1C.CN. The molecule has 0 amide bonds. The zero-order chi connectivity index (χ0) is 13.1. The minimum absolute atomic E-state index is 0.738. The molecule has 3 heteroatoms. The zero-order valence-electron chi connectivity index (χ0n) is 11.3. The Morgan fingerprint density at radius 1 is 1.24 bits per heavy atom. The molecule has 1 aromatic carbocycles. The highest BCUT2D eigenvalue weighted by atomic mass is 32.2. The number of aryl methyl sites for hydroxylation is 1. The standard InChI is InChI=1S/C13H21NS.CH5N/c1-3-4-9-15-13-6-5-12(7-8-14)10-11(13)2;1-2/h5-6,10H,3-4,7-9,14H2,1-2H3;2H2,1H3. The van der Waals surface area contributed by atoms with Gasteiger partial charge in [0.25, 0.3) is 0 Å². The predicted octanol–water partition coefficient (Wildman–Crippen LogP) is 2.96. The van der Waals surface area contributed by atoms with Crippen LogP contribution in [0.2, 0.25) is 0 Å². The van der Waals surface area contributed by atoms with Crippen molar-refractivity contribution in [3.05, 3.63) is 29.3 Å². The van der Waals surface area contributed by atoms with Crippen molar-refractivity contribution in [2.24, 2.45) is 11.5 Å². The molecule has 98 valence electrons. The van der Waals surface area contributed by atoms with E-state index in [-0.39, 0.29) is 0 Å². The van der Waals surface area contributed by atoms with Crippen LogP contribution >= 0.6 is 11.8 Å². The molecule has 0 aliphatic heterocycles. The van der Waals surface area contributed by atoms with Crippen LogP contribution in [0.5, 0.6) is 0 Å². The highest BCUT2D eigenvalue weighted by Gasteiger charge is 2.00. The maximum Gasteiger partial charge on any atom is 0.0101 e. The Bertz CT molecular complexity index is 300. The van der Waals surface area contributed by atoms with Gasteiger partial charge in [-0.2, -0.15) is 0 Å². The molecule has 1 aromatic rings. The summed E-state index contributed by atoms with van der Waals surface area (Å²) in [4.78, 5) is 1.42. The molecule has 0 saturated heterocycles. The van der Waals surface area contributed by atoms with E-state index in [1.165, 1.54) is 41.7 Å². The van der Waals surface area contributed by atoms with Gasteiger partial charge < -0.3 is 11.5 Å². The van der Waals surface area contributed by atoms with Gasteiger partial charge in [0.1, 0.15) is 0 Å². The molecule has 0 aromatic heterocycles. The lowest BCUT2D eigenvalue weighted by Crippen LogP contribution is -2.02. The Hall–Kier alpha value is -0.510. The monoisotopic (exact) mass is 254 g/mol. The van der Waals surface area contributed by atoms with Gasteiger partial charge in [0.05, 0.1) is 0 Å². The Labute approximate surface area is 110 Å². The molecule has 0 heterocycles. The molecule has 0 aliphatic rings. The van der Waals surface area contributed by atoms with Crippen molar-refractivity contribution in [1.82, 2.24) is 0 Å². The summed E-state index contributed by atoms with van der Waals surface area (Å²) in [5.74, 6) is 1.23. The molecule has 0 saturated carbocycles. The van der Waals surface area contributed by atoms with Crippen molar-refractivity contribution in [3.63, 3.8) is 0 Å². The third-order valence-electron chi connectivity index (χ3n) is 2.43. The summed E-state index contributed by atoms with van der Waals surface area (Å²) >= 11 is 1.97. The second-order valence-electron chi connectivity index (χ2n) is 3.84. The van der Waals surface area contributed by atoms with Gasteiger partial charge in [-0.05, 0) is 56.3 Å². The molecule has 0 bridgehead atoms. The lowest BCUT2D eigenvalue weighted by atomic mass is 10.1. The molecule has 4 N–H and O–H groups in total. The number of rotatable bonds is 6. The molecule has 2 nitrogen and oxygen atoms in total. The van der Waals surface area contributed by atoms with Crippen molar-refractivity contribution >= 4 is 11.8 Å².